The lowest BCUT2D eigenvalue weighted by Gasteiger charge is -2.07. The van der Waals surface area contributed by atoms with Crippen molar-refractivity contribution in [2.75, 3.05) is 33.6 Å². The maximum Gasteiger partial charge on any atom is 0.411 e. The quantitative estimate of drug-likeness (QED) is 0.492. The number of likely N-dealkylation sites (N-methyl/N-ethyl adjacent to an activating group) is 1. The first-order chi connectivity index (χ1) is 5.56. The maximum atomic E-state index is 11.4. The van der Waals surface area contributed by atoms with Crippen LogP contribution in [0, 0.1) is 0 Å². The van der Waals surface area contributed by atoms with Crippen molar-refractivity contribution in [2.24, 2.45) is 0 Å². The topological polar surface area (TPSA) is 30.5 Å². The molecule has 0 aliphatic carbocycles. The van der Waals surface area contributed by atoms with Crippen LogP contribution in [0.2, 0.25) is 0 Å². The monoisotopic (exact) mass is 187 g/mol. The predicted octanol–water partition coefficient (Wildman–Crippen LogP) is 0.759. The van der Waals surface area contributed by atoms with Gasteiger partial charge in [0.1, 0.15) is 13.4 Å². The van der Waals surface area contributed by atoms with Crippen LogP contribution in [0.25, 0.3) is 0 Å². The van der Waals surface area contributed by atoms with Gasteiger partial charge in [0.25, 0.3) is 0 Å². The van der Waals surface area contributed by atoms with Gasteiger partial charge in [0.15, 0.2) is 0 Å². The van der Waals surface area contributed by atoms with E-state index in [0.717, 1.165) is 0 Å². The Morgan fingerprint density at radius 3 is 2.42 bits per heavy atom. The van der Waals surface area contributed by atoms with Gasteiger partial charge in [0.2, 0.25) is 0 Å². The molecular weight excluding hydrogens is 175 g/mol. The summed E-state index contributed by atoms with van der Waals surface area (Å²) in [7, 11) is 1.72. The third-order valence-electron chi connectivity index (χ3n) is 0.929. The Kier molecular flexibility index (Phi) is 6.04. The van der Waals surface area contributed by atoms with Crippen molar-refractivity contribution >= 4 is 0 Å². The molecule has 0 saturated carbocycles. The predicted molar refractivity (Wildman–Crippen MR) is 36.8 cm³/mol. The van der Waals surface area contributed by atoms with Gasteiger partial charge in [-0.2, -0.15) is 13.2 Å². The first-order valence-electron chi connectivity index (χ1n) is 3.43. The van der Waals surface area contributed by atoms with Crippen molar-refractivity contribution in [1.82, 2.24) is 5.32 Å². The zero-order chi connectivity index (χ0) is 9.45. The molecule has 3 nitrogen and oxygen atoms in total. The number of hydrogen-bond acceptors (Lipinski definition) is 3. The molecule has 0 atom stereocenters. The summed E-state index contributed by atoms with van der Waals surface area (Å²) in [6.45, 7) is -0.641. The van der Waals surface area contributed by atoms with Gasteiger partial charge in [-0.1, -0.05) is 0 Å². The van der Waals surface area contributed by atoms with Crippen LogP contribution in [0.1, 0.15) is 0 Å². The molecule has 0 unspecified atom stereocenters. The number of rotatable bonds is 6. The van der Waals surface area contributed by atoms with E-state index in [0.29, 0.717) is 13.2 Å². The minimum Gasteiger partial charge on any atom is -0.354 e. The minimum absolute atomic E-state index is 0.318. The maximum absolute atomic E-state index is 11.4. The van der Waals surface area contributed by atoms with Gasteiger partial charge < -0.3 is 14.8 Å². The average molecular weight is 187 g/mol. The fourth-order valence-electron chi connectivity index (χ4n) is 0.449. The van der Waals surface area contributed by atoms with Gasteiger partial charge in [-0.05, 0) is 7.05 Å². The van der Waals surface area contributed by atoms with Gasteiger partial charge in [0.05, 0.1) is 6.61 Å². The standard InChI is InChI=1S/C6H12F3NO2/c1-10-2-3-11-5-12-4-6(7,8)9/h10H,2-5H2,1H3. The van der Waals surface area contributed by atoms with E-state index in [1.54, 1.807) is 7.05 Å². The fourth-order valence-corrected chi connectivity index (χ4v) is 0.449. The Balaban J connectivity index is 3.01. The first kappa shape index (κ1) is 11.7. The summed E-state index contributed by atoms with van der Waals surface area (Å²) in [6.07, 6.45) is -4.27. The molecule has 0 amide bonds. The van der Waals surface area contributed by atoms with E-state index in [9.17, 15) is 13.2 Å². The molecule has 0 bridgehead atoms. The van der Waals surface area contributed by atoms with E-state index in [1.807, 2.05) is 0 Å². The number of nitrogens with one attached hydrogen (secondary N) is 1. The van der Waals surface area contributed by atoms with Crippen molar-refractivity contribution in [1.29, 1.82) is 0 Å². The highest BCUT2D eigenvalue weighted by molar-refractivity contribution is 4.43. The van der Waals surface area contributed by atoms with Gasteiger partial charge in [-0.25, -0.2) is 0 Å². The highest BCUT2D eigenvalue weighted by Gasteiger charge is 2.27. The Morgan fingerprint density at radius 1 is 1.25 bits per heavy atom. The third-order valence-corrected chi connectivity index (χ3v) is 0.929. The smallest absolute Gasteiger partial charge is 0.354 e. The van der Waals surface area contributed by atoms with E-state index in [4.69, 9.17) is 0 Å². The van der Waals surface area contributed by atoms with E-state index >= 15 is 0 Å². The van der Waals surface area contributed by atoms with Crippen LogP contribution in [0.4, 0.5) is 13.2 Å². The highest BCUT2D eigenvalue weighted by Crippen LogP contribution is 2.13. The van der Waals surface area contributed by atoms with Crippen molar-refractivity contribution < 1.29 is 22.6 Å². The summed E-state index contributed by atoms with van der Waals surface area (Å²) in [5, 5.41) is 2.77. The molecule has 0 fully saturated rings. The summed E-state index contributed by atoms with van der Waals surface area (Å²) in [5.74, 6) is 0. The van der Waals surface area contributed by atoms with Crippen LogP contribution in [0.15, 0.2) is 0 Å². The van der Waals surface area contributed by atoms with Crippen LogP contribution in [0.3, 0.4) is 0 Å². The zero-order valence-corrected chi connectivity index (χ0v) is 6.78. The molecule has 12 heavy (non-hydrogen) atoms. The van der Waals surface area contributed by atoms with Crippen molar-refractivity contribution in [3.8, 4) is 0 Å². The minimum atomic E-state index is -4.27. The molecule has 0 aromatic rings. The third kappa shape index (κ3) is 9.67. The molecule has 0 aliphatic heterocycles. The summed E-state index contributed by atoms with van der Waals surface area (Å²) < 4.78 is 43.2. The highest BCUT2D eigenvalue weighted by atomic mass is 19.4. The molecule has 0 aromatic carbocycles. The molecule has 0 saturated heterocycles. The molecular formula is C6H12F3NO2. The van der Waals surface area contributed by atoms with E-state index in [-0.39, 0.29) is 6.79 Å². The van der Waals surface area contributed by atoms with Gasteiger partial charge in [-0.15, -0.1) is 0 Å². The van der Waals surface area contributed by atoms with Crippen LogP contribution in [-0.4, -0.2) is 39.8 Å². The number of halogens is 3. The Bertz CT molecular complexity index is 107. The fraction of sp³-hybridized carbons (Fsp3) is 1.00. The molecule has 6 heteroatoms. The second-order valence-electron chi connectivity index (χ2n) is 2.09. The van der Waals surface area contributed by atoms with Crippen molar-refractivity contribution in [2.45, 2.75) is 6.18 Å². The SMILES string of the molecule is CNCCOCOCC(F)(F)F. The van der Waals surface area contributed by atoms with Crippen LogP contribution in [-0.2, 0) is 9.47 Å². The molecule has 0 aromatic heterocycles. The second-order valence-corrected chi connectivity index (χ2v) is 2.09. The van der Waals surface area contributed by atoms with Crippen molar-refractivity contribution in [3.63, 3.8) is 0 Å². The van der Waals surface area contributed by atoms with Crippen molar-refractivity contribution in [3.05, 3.63) is 0 Å². The van der Waals surface area contributed by atoms with E-state index in [2.05, 4.69) is 14.8 Å². The van der Waals surface area contributed by atoms with Gasteiger partial charge >= 0.3 is 6.18 Å². The lowest BCUT2D eigenvalue weighted by atomic mass is 10.7. The summed E-state index contributed by atoms with van der Waals surface area (Å²) >= 11 is 0. The van der Waals surface area contributed by atoms with Gasteiger partial charge in [0, 0.05) is 6.54 Å². The van der Waals surface area contributed by atoms with E-state index in [1.165, 1.54) is 0 Å². The lowest BCUT2D eigenvalue weighted by molar-refractivity contribution is -0.196. The second kappa shape index (κ2) is 6.22. The Morgan fingerprint density at radius 2 is 1.92 bits per heavy atom. The molecule has 0 aliphatic rings. The summed E-state index contributed by atoms with van der Waals surface area (Å²) in [4.78, 5) is 0. The zero-order valence-electron chi connectivity index (χ0n) is 6.78. The van der Waals surface area contributed by atoms with Crippen LogP contribution in [0.5, 0.6) is 0 Å². The number of hydrogen-bond donors (Lipinski definition) is 1. The molecule has 0 spiro atoms. The summed E-state index contributed by atoms with van der Waals surface area (Å²) in [5.41, 5.74) is 0. The molecule has 0 heterocycles. The number of ether oxygens (including phenoxy) is 2. The lowest BCUT2D eigenvalue weighted by Crippen LogP contribution is -2.20. The number of alkyl halides is 3. The van der Waals surface area contributed by atoms with Crippen LogP contribution >= 0.6 is 0 Å². The summed E-state index contributed by atoms with van der Waals surface area (Å²) in [6, 6.07) is 0. The molecule has 0 radical (unpaired) electrons. The Labute approximate surface area is 68.8 Å². The molecule has 74 valence electrons. The average Bonchev–Trinajstić information content (AvgIpc) is 1.94. The van der Waals surface area contributed by atoms with Gasteiger partial charge in [-0.3, -0.25) is 0 Å². The normalized spacial score (nSPS) is 12.0. The van der Waals surface area contributed by atoms with Crippen LogP contribution < -0.4 is 5.32 Å². The largest absolute Gasteiger partial charge is 0.411 e. The van der Waals surface area contributed by atoms with E-state index < -0.39 is 12.8 Å². The molecule has 0 rings (SSSR count). The Hall–Kier alpha value is -0.330. The first-order valence-corrected chi connectivity index (χ1v) is 3.43. The molecule has 1 N–H and O–H groups in total.